The van der Waals surface area contributed by atoms with Crippen molar-refractivity contribution in [3.63, 3.8) is 0 Å². The second-order valence-electron chi connectivity index (χ2n) is 3.58. The SMILES string of the molecule is CCC/C=N/C(=O)OC(C)(C)C. The molecule has 0 aromatic rings. The fraction of sp³-hybridized carbons (Fsp3) is 0.778. The third kappa shape index (κ3) is 7.25. The van der Waals surface area contributed by atoms with Crippen molar-refractivity contribution in [3.05, 3.63) is 0 Å². The Hall–Kier alpha value is -0.860. The predicted octanol–water partition coefficient (Wildman–Crippen LogP) is 2.79. The zero-order valence-electron chi connectivity index (χ0n) is 8.26. The highest BCUT2D eigenvalue weighted by molar-refractivity contribution is 5.79. The molecule has 0 rings (SSSR count). The maximum atomic E-state index is 10.9. The lowest BCUT2D eigenvalue weighted by Crippen LogP contribution is -2.21. The molecule has 0 spiro atoms. The van der Waals surface area contributed by atoms with Gasteiger partial charge in [-0.1, -0.05) is 13.3 Å². The lowest BCUT2D eigenvalue weighted by Gasteiger charge is -2.16. The summed E-state index contributed by atoms with van der Waals surface area (Å²) in [5, 5.41) is 0. The van der Waals surface area contributed by atoms with Gasteiger partial charge in [0.1, 0.15) is 5.60 Å². The Morgan fingerprint density at radius 3 is 2.50 bits per heavy atom. The van der Waals surface area contributed by atoms with Crippen LogP contribution in [-0.2, 0) is 4.74 Å². The largest absolute Gasteiger partial charge is 0.442 e. The first-order chi connectivity index (χ1) is 5.45. The van der Waals surface area contributed by atoms with Gasteiger partial charge in [0.15, 0.2) is 0 Å². The zero-order chi connectivity index (χ0) is 9.61. The molecule has 0 fully saturated rings. The lowest BCUT2D eigenvalue weighted by molar-refractivity contribution is 0.0605. The molecule has 1 amide bonds. The van der Waals surface area contributed by atoms with Crippen molar-refractivity contribution in [2.45, 2.75) is 46.1 Å². The Morgan fingerprint density at radius 1 is 1.50 bits per heavy atom. The maximum Gasteiger partial charge on any atom is 0.433 e. The van der Waals surface area contributed by atoms with Crippen molar-refractivity contribution in [1.29, 1.82) is 0 Å². The van der Waals surface area contributed by atoms with E-state index in [9.17, 15) is 4.79 Å². The summed E-state index contributed by atoms with van der Waals surface area (Å²) in [5.74, 6) is 0. The third-order valence-corrected chi connectivity index (χ3v) is 1.01. The van der Waals surface area contributed by atoms with Gasteiger partial charge < -0.3 is 4.74 Å². The van der Waals surface area contributed by atoms with Crippen molar-refractivity contribution in [2.75, 3.05) is 0 Å². The van der Waals surface area contributed by atoms with Gasteiger partial charge in [-0.05, 0) is 27.2 Å². The van der Waals surface area contributed by atoms with Gasteiger partial charge >= 0.3 is 6.09 Å². The van der Waals surface area contributed by atoms with Crippen LogP contribution in [-0.4, -0.2) is 17.9 Å². The molecule has 0 radical (unpaired) electrons. The van der Waals surface area contributed by atoms with E-state index in [0.29, 0.717) is 0 Å². The number of amides is 1. The monoisotopic (exact) mass is 171 g/mol. The van der Waals surface area contributed by atoms with Crippen LogP contribution in [0.5, 0.6) is 0 Å². The first kappa shape index (κ1) is 11.1. The Morgan fingerprint density at radius 2 is 2.08 bits per heavy atom. The predicted molar refractivity (Wildman–Crippen MR) is 49.6 cm³/mol. The Kier molecular flexibility index (Phi) is 4.55. The molecule has 0 aromatic carbocycles. The molecule has 0 saturated heterocycles. The summed E-state index contributed by atoms with van der Waals surface area (Å²) < 4.78 is 4.95. The highest BCUT2D eigenvalue weighted by Gasteiger charge is 2.14. The van der Waals surface area contributed by atoms with Gasteiger partial charge in [0, 0.05) is 6.21 Å². The van der Waals surface area contributed by atoms with E-state index in [2.05, 4.69) is 4.99 Å². The number of carbonyl (C=O) groups is 1. The highest BCUT2D eigenvalue weighted by atomic mass is 16.6. The zero-order valence-corrected chi connectivity index (χ0v) is 8.26. The van der Waals surface area contributed by atoms with E-state index in [1.807, 2.05) is 27.7 Å². The van der Waals surface area contributed by atoms with Gasteiger partial charge in [0.25, 0.3) is 0 Å². The Bertz CT molecular complexity index is 168. The molecule has 0 aliphatic rings. The molecule has 0 saturated carbocycles. The van der Waals surface area contributed by atoms with E-state index < -0.39 is 11.7 Å². The molecule has 0 aliphatic carbocycles. The van der Waals surface area contributed by atoms with E-state index in [1.54, 1.807) is 6.21 Å². The minimum Gasteiger partial charge on any atom is -0.442 e. The number of nitrogens with zero attached hydrogens (tertiary/aromatic N) is 1. The van der Waals surface area contributed by atoms with Crippen LogP contribution in [0.3, 0.4) is 0 Å². The summed E-state index contributed by atoms with van der Waals surface area (Å²) in [6, 6.07) is 0. The van der Waals surface area contributed by atoms with Gasteiger partial charge in [-0.3, -0.25) is 0 Å². The molecule has 0 aliphatic heterocycles. The standard InChI is InChI=1S/C9H17NO2/c1-5-6-7-10-8(11)12-9(2,3)4/h7H,5-6H2,1-4H3/b10-7+. The van der Waals surface area contributed by atoms with Gasteiger partial charge in [-0.15, -0.1) is 0 Å². The first-order valence-corrected chi connectivity index (χ1v) is 4.21. The van der Waals surface area contributed by atoms with E-state index in [-0.39, 0.29) is 0 Å². The van der Waals surface area contributed by atoms with Crippen LogP contribution in [0.25, 0.3) is 0 Å². The molecule has 3 heteroatoms. The summed E-state index contributed by atoms with van der Waals surface area (Å²) in [5.41, 5.74) is -0.444. The summed E-state index contributed by atoms with van der Waals surface area (Å²) in [7, 11) is 0. The fourth-order valence-electron chi connectivity index (χ4n) is 0.556. The van der Waals surface area contributed by atoms with E-state index >= 15 is 0 Å². The maximum absolute atomic E-state index is 10.9. The van der Waals surface area contributed by atoms with Crippen molar-refractivity contribution in [3.8, 4) is 0 Å². The lowest BCUT2D eigenvalue weighted by atomic mass is 10.2. The quantitative estimate of drug-likeness (QED) is 0.599. The second kappa shape index (κ2) is 4.91. The van der Waals surface area contributed by atoms with Gasteiger partial charge in [0.2, 0.25) is 0 Å². The van der Waals surface area contributed by atoms with Crippen LogP contribution >= 0.6 is 0 Å². The summed E-state index contributed by atoms with van der Waals surface area (Å²) >= 11 is 0. The van der Waals surface area contributed by atoms with Crippen LogP contribution < -0.4 is 0 Å². The van der Waals surface area contributed by atoms with Crippen LogP contribution in [0.15, 0.2) is 4.99 Å². The summed E-state index contributed by atoms with van der Waals surface area (Å²) in [4.78, 5) is 14.5. The number of unbranched alkanes of at least 4 members (excludes halogenated alkanes) is 1. The highest BCUT2D eigenvalue weighted by Crippen LogP contribution is 2.07. The minimum absolute atomic E-state index is 0.444. The Labute approximate surface area is 73.8 Å². The van der Waals surface area contributed by atoms with Crippen LogP contribution in [0, 0.1) is 0 Å². The first-order valence-electron chi connectivity index (χ1n) is 4.21. The average Bonchev–Trinajstić information content (AvgIpc) is 1.84. The summed E-state index contributed by atoms with van der Waals surface area (Å²) in [6.45, 7) is 7.49. The van der Waals surface area contributed by atoms with Crippen LogP contribution in [0.2, 0.25) is 0 Å². The van der Waals surface area contributed by atoms with E-state index in [0.717, 1.165) is 12.8 Å². The molecule has 0 N–H and O–H groups in total. The number of carbonyl (C=O) groups excluding carboxylic acids is 1. The molecule has 0 unspecified atom stereocenters. The van der Waals surface area contributed by atoms with E-state index in [1.165, 1.54) is 0 Å². The van der Waals surface area contributed by atoms with Crippen molar-refractivity contribution < 1.29 is 9.53 Å². The molecular weight excluding hydrogens is 154 g/mol. The molecule has 70 valence electrons. The molecule has 0 aromatic heterocycles. The molecule has 12 heavy (non-hydrogen) atoms. The Balaban J connectivity index is 3.75. The third-order valence-electron chi connectivity index (χ3n) is 1.01. The number of ether oxygens (including phenoxy) is 1. The number of hydrogen-bond donors (Lipinski definition) is 0. The van der Waals surface area contributed by atoms with Crippen LogP contribution in [0.1, 0.15) is 40.5 Å². The van der Waals surface area contributed by atoms with Crippen molar-refractivity contribution in [1.82, 2.24) is 0 Å². The van der Waals surface area contributed by atoms with E-state index in [4.69, 9.17) is 4.74 Å². The molecule has 0 bridgehead atoms. The van der Waals surface area contributed by atoms with Crippen LogP contribution in [0.4, 0.5) is 4.79 Å². The fourth-order valence-corrected chi connectivity index (χ4v) is 0.556. The smallest absolute Gasteiger partial charge is 0.433 e. The van der Waals surface area contributed by atoms with Gasteiger partial charge in [0.05, 0.1) is 0 Å². The molecule has 3 nitrogen and oxygen atoms in total. The van der Waals surface area contributed by atoms with Gasteiger partial charge in [-0.2, -0.15) is 4.99 Å². The van der Waals surface area contributed by atoms with Crippen molar-refractivity contribution >= 4 is 12.3 Å². The summed E-state index contributed by atoms with van der Waals surface area (Å²) in [6.07, 6.45) is 2.90. The molecule has 0 heterocycles. The topological polar surface area (TPSA) is 38.7 Å². The molecule has 0 atom stereocenters. The molecular formula is C9H17NO2. The average molecular weight is 171 g/mol. The van der Waals surface area contributed by atoms with Gasteiger partial charge in [-0.25, -0.2) is 4.79 Å². The number of hydrogen-bond acceptors (Lipinski definition) is 2. The van der Waals surface area contributed by atoms with Crippen molar-refractivity contribution in [2.24, 2.45) is 4.99 Å². The number of aliphatic imine (C=N–C) groups is 1. The minimum atomic E-state index is -0.504. The normalized spacial score (nSPS) is 12.0. The number of rotatable bonds is 2. The second-order valence-corrected chi connectivity index (χ2v) is 3.58.